The lowest BCUT2D eigenvalue weighted by Gasteiger charge is -2.13. The van der Waals surface area contributed by atoms with Crippen molar-refractivity contribution in [1.82, 2.24) is 4.72 Å². The summed E-state index contributed by atoms with van der Waals surface area (Å²) in [6, 6.07) is 4.37. The number of hydrogen-bond donors (Lipinski definition) is 3. The van der Waals surface area contributed by atoms with Crippen molar-refractivity contribution in [2.75, 3.05) is 11.3 Å². The lowest BCUT2D eigenvalue weighted by atomic mass is 10.2. The molecule has 104 valence electrons. The Balaban J connectivity index is 3.07. The Kier molecular flexibility index (Phi) is 5.63. The summed E-state index contributed by atoms with van der Waals surface area (Å²) in [6.45, 7) is 3.12. The summed E-state index contributed by atoms with van der Waals surface area (Å²) < 4.78 is 28.3. The molecule has 5 nitrogen and oxygen atoms in total. The quantitative estimate of drug-likeness (QED) is 0.734. The molecule has 19 heavy (non-hydrogen) atoms. The number of nitrogens with one attached hydrogen (secondary N) is 2. The van der Waals surface area contributed by atoms with Crippen LogP contribution in [0, 0.1) is 11.8 Å². The van der Waals surface area contributed by atoms with E-state index >= 15 is 0 Å². The fourth-order valence-electron chi connectivity index (χ4n) is 1.33. The number of rotatable bonds is 4. The average molecular weight is 303 g/mol. The minimum Gasteiger partial charge on any atom is -0.384 e. The first-order valence-corrected chi connectivity index (χ1v) is 7.39. The maximum Gasteiger partial charge on any atom is 0.299 e. The van der Waals surface area contributed by atoms with Gasteiger partial charge >= 0.3 is 0 Å². The van der Waals surface area contributed by atoms with Crippen molar-refractivity contribution in [2.45, 2.75) is 19.9 Å². The van der Waals surface area contributed by atoms with Gasteiger partial charge in [0.1, 0.15) is 6.61 Å². The van der Waals surface area contributed by atoms with Gasteiger partial charge in [-0.2, -0.15) is 13.1 Å². The predicted octanol–water partition coefficient (Wildman–Crippen LogP) is 1.34. The Morgan fingerprint density at radius 1 is 1.42 bits per heavy atom. The first kappa shape index (κ1) is 15.8. The zero-order valence-corrected chi connectivity index (χ0v) is 12.1. The molecule has 0 unspecified atom stereocenters. The van der Waals surface area contributed by atoms with Gasteiger partial charge in [-0.1, -0.05) is 23.4 Å². The molecule has 1 rings (SSSR count). The molecule has 0 aliphatic carbocycles. The second-order valence-corrected chi connectivity index (χ2v) is 5.91. The number of hydrogen-bond acceptors (Lipinski definition) is 3. The molecule has 0 saturated heterocycles. The molecule has 0 amide bonds. The number of anilines is 1. The molecular formula is C12H15ClN2O3S. The van der Waals surface area contributed by atoms with Gasteiger partial charge < -0.3 is 5.11 Å². The largest absolute Gasteiger partial charge is 0.384 e. The van der Waals surface area contributed by atoms with Crippen molar-refractivity contribution in [3.8, 4) is 11.8 Å². The smallest absolute Gasteiger partial charge is 0.299 e. The molecule has 0 fully saturated rings. The number of aliphatic hydroxyl groups excluding tert-OH is 1. The summed E-state index contributed by atoms with van der Waals surface area (Å²) in [5.74, 6) is 5.09. The van der Waals surface area contributed by atoms with Crippen LogP contribution < -0.4 is 9.44 Å². The standard InChI is InChI=1S/C12H15ClN2O3S/c1-9(2)14-19(17,18)15-12-6-5-11(13)8-10(12)4-3-7-16/h5-6,8-9,14-16H,7H2,1-2H3. The van der Waals surface area contributed by atoms with Crippen molar-refractivity contribution in [2.24, 2.45) is 0 Å². The molecule has 0 atom stereocenters. The summed E-state index contributed by atoms with van der Waals surface area (Å²) in [4.78, 5) is 0. The van der Waals surface area contributed by atoms with Crippen LogP contribution in [0.15, 0.2) is 18.2 Å². The van der Waals surface area contributed by atoms with Crippen molar-refractivity contribution >= 4 is 27.5 Å². The summed E-state index contributed by atoms with van der Waals surface area (Å²) in [5, 5.41) is 9.11. The Hall–Kier alpha value is -1.26. The maximum atomic E-state index is 11.8. The van der Waals surface area contributed by atoms with Gasteiger partial charge in [-0.15, -0.1) is 0 Å². The van der Waals surface area contributed by atoms with Crippen LogP contribution in [0.25, 0.3) is 0 Å². The number of halogens is 1. The lowest BCUT2D eigenvalue weighted by molar-refractivity contribution is 0.350. The van der Waals surface area contributed by atoms with Gasteiger partial charge in [0.25, 0.3) is 10.2 Å². The van der Waals surface area contributed by atoms with E-state index < -0.39 is 10.2 Å². The first-order valence-electron chi connectivity index (χ1n) is 5.53. The van der Waals surface area contributed by atoms with Crippen LogP contribution in [-0.2, 0) is 10.2 Å². The van der Waals surface area contributed by atoms with Gasteiger partial charge in [0.2, 0.25) is 0 Å². The molecule has 7 heteroatoms. The Bertz CT molecular complexity index is 603. The van der Waals surface area contributed by atoms with E-state index in [1.54, 1.807) is 19.9 Å². The molecule has 3 N–H and O–H groups in total. The molecule has 0 spiro atoms. The van der Waals surface area contributed by atoms with Gasteiger partial charge in [-0.25, -0.2) is 0 Å². The van der Waals surface area contributed by atoms with Crippen molar-refractivity contribution in [3.63, 3.8) is 0 Å². The van der Waals surface area contributed by atoms with E-state index in [4.69, 9.17) is 16.7 Å². The highest BCUT2D eigenvalue weighted by Gasteiger charge is 2.13. The summed E-state index contributed by atoms with van der Waals surface area (Å²) in [5.41, 5.74) is 0.703. The minimum absolute atomic E-state index is 0.225. The summed E-state index contributed by atoms with van der Waals surface area (Å²) in [6.07, 6.45) is 0. The van der Waals surface area contributed by atoms with Gasteiger partial charge in [-0.05, 0) is 32.0 Å². The molecule has 0 heterocycles. The topological polar surface area (TPSA) is 78.4 Å². The van der Waals surface area contributed by atoms with Gasteiger partial charge in [0, 0.05) is 11.1 Å². The highest BCUT2D eigenvalue weighted by Crippen LogP contribution is 2.20. The zero-order valence-electron chi connectivity index (χ0n) is 10.6. The fourth-order valence-corrected chi connectivity index (χ4v) is 2.65. The first-order chi connectivity index (χ1) is 8.84. The van der Waals surface area contributed by atoms with Crippen molar-refractivity contribution in [1.29, 1.82) is 0 Å². The van der Waals surface area contributed by atoms with E-state index in [2.05, 4.69) is 21.3 Å². The third kappa shape index (κ3) is 5.49. The van der Waals surface area contributed by atoms with Crippen LogP contribution in [-0.4, -0.2) is 26.2 Å². The van der Waals surface area contributed by atoms with E-state index in [0.717, 1.165) is 0 Å². The second kappa shape index (κ2) is 6.78. The monoisotopic (exact) mass is 302 g/mol. The lowest BCUT2D eigenvalue weighted by Crippen LogP contribution is -2.35. The predicted molar refractivity (Wildman–Crippen MR) is 76.2 cm³/mol. The van der Waals surface area contributed by atoms with Gasteiger partial charge in [-0.3, -0.25) is 4.72 Å². The van der Waals surface area contributed by atoms with Crippen LogP contribution in [0.3, 0.4) is 0 Å². The van der Waals surface area contributed by atoms with E-state index in [9.17, 15) is 8.42 Å². The molecular weight excluding hydrogens is 288 g/mol. The van der Waals surface area contributed by atoms with Crippen LogP contribution in [0.5, 0.6) is 0 Å². The SMILES string of the molecule is CC(C)NS(=O)(=O)Nc1ccc(Cl)cc1C#CCO. The number of benzene rings is 1. The maximum absolute atomic E-state index is 11.8. The molecule has 1 aromatic carbocycles. The third-order valence-electron chi connectivity index (χ3n) is 1.92. The molecule has 0 saturated carbocycles. The molecule has 0 bridgehead atoms. The van der Waals surface area contributed by atoms with Crippen LogP contribution in [0.2, 0.25) is 5.02 Å². The van der Waals surface area contributed by atoms with Gasteiger partial charge in [0.15, 0.2) is 0 Å². The summed E-state index contributed by atoms with van der Waals surface area (Å²) >= 11 is 5.83. The Labute approximate surface area is 118 Å². The minimum atomic E-state index is -3.67. The van der Waals surface area contributed by atoms with Crippen LogP contribution >= 0.6 is 11.6 Å². The molecule has 0 aliphatic heterocycles. The highest BCUT2D eigenvalue weighted by atomic mass is 35.5. The average Bonchev–Trinajstić information content (AvgIpc) is 2.27. The van der Waals surface area contributed by atoms with E-state index in [0.29, 0.717) is 16.3 Å². The molecule has 0 radical (unpaired) electrons. The van der Waals surface area contributed by atoms with Crippen LogP contribution in [0.4, 0.5) is 5.69 Å². The zero-order chi connectivity index (χ0) is 14.5. The van der Waals surface area contributed by atoms with Gasteiger partial charge in [0.05, 0.1) is 11.3 Å². The van der Waals surface area contributed by atoms with Crippen molar-refractivity contribution in [3.05, 3.63) is 28.8 Å². The molecule has 0 aromatic heterocycles. The fraction of sp³-hybridized carbons (Fsp3) is 0.333. The van der Waals surface area contributed by atoms with Crippen LogP contribution in [0.1, 0.15) is 19.4 Å². The van der Waals surface area contributed by atoms with E-state index in [1.807, 2.05) is 0 Å². The molecule has 0 aliphatic rings. The Morgan fingerprint density at radius 3 is 2.68 bits per heavy atom. The normalized spacial score (nSPS) is 11.0. The second-order valence-electron chi connectivity index (χ2n) is 4.03. The van der Waals surface area contributed by atoms with E-state index in [1.165, 1.54) is 12.1 Å². The summed E-state index contributed by atoms with van der Waals surface area (Å²) in [7, 11) is -3.67. The molecule has 1 aromatic rings. The highest BCUT2D eigenvalue weighted by molar-refractivity contribution is 7.90. The Morgan fingerprint density at radius 2 is 2.11 bits per heavy atom. The number of aliphatic hydroxyl groups is 1. The van der Waals surface area contributed by atoms with E-state index in [-0.39, 0.29) is 12.6 Å². The third-order valence-corrected chi connectivity index (χ3v) is 3.42. The van der Waals surface area contributed by atoms with Crippen molar-refractivity contribution < 1.29 is 13.5 Å².